The van der Waals surface area contributed by atoms with Crippen LogP contribution in [-0.4, -0.2) is 38.3 Å². The van der Waals surface area contributed by atoms with Gasteiger partial charge in [0.05, 0.1) is 6.10 Å². The third-order valence-electron chi connectivity index (χ3n) is 3.21. The second-order valence-corrected chi connectivity index (χ2v) is 5.23. The Balaban J connectivity index is 2.21. The fourth-order valence-electron chi connectivity index (χ4n) is 2.18. The second-order valence-electron chi connectivity index (χ2n) is 5.23. The van der Waals surface area contributed by atoms with Crippen molar-refractivity contribution in [3.63, 3.8) is 0 Å². The molecule has 1 saturated carbocycles. The van der Waals surface area contributed by atoms with Crippen molar-refractivity contribution >= 4 is 5.91 Å². The van der Waals surface area contributed by atoms with Crippen LogP contribution in [0.15, 0.2) is 0 Å². The van der Waals surface area contributed by atoms with Crippen LogP contribution >= 0.6 is 0 Å². The van der Waals surface area contributed by atoms with Gasteiger partial charge < -0.3 is 15.4 Å². The predicted octanol–water partition coefficient (Wildman–Crippen LogP) is 1.31. The maximum atomic E-state index is 11.5. The number of hydrogen-bond donors (Lipinski definition) is 2. The summed E-state index contributed by atoms with van der Waals surface area (Å²) < 4.78 is 5.71. The van der Waals surface area contributed by atoms with Gasteiger partial charge in [-0.05, 0) is 25.8 Å². The standard InChI is InChI=1S/C13H26N2O2/c1-10(2)8-15-13(16)9-17-12-7-5-4-6-11(12)14-3/h10-12,14H,4-9H2,1-3H3,(H,15,16). The van der Waals surface area contributed by atoms with E-state index in [1.807, 2.05) is 7.05 Å². The molecule has 0 spiro atoms. The molecule has 4 heteroatoms. The Morgan fingerprint density at radius 3 is 2.71 bits per heavy atom. The molecule has 1 amide bonds. The van der Waals surface area contributed by atoms with Crippen LogP contribution in [0, 0.1) is 5.92 Å². The van der Waals surface area contributed by atoms with Crippen molar-refractivity contribution < 1.29 is 9.53 Å². The molecule has 0 radical (unpaired) electrons. The van der Waals surface area contributed by atoms with Gasteiger partial charge in [0.2, 0.25) is 5.91 Å². The Bertz CT molecular complexity index is 231. The molecule has 0 aromatic rings. The maximum Gasteiger partial charge on any atom is 0.246 e. The summed E-state index contributed by atoms with van der Waals surface area (Å²) in [6.45, 7) is 5.08. The number of likely N-dealkylation sites (N-methyl/N-ethyl adjacent to an activating group) is 1. The molecule has 1 aliphatic carbocycles. The van der Waals surface area contributed by atoms with E-state index in [4.69, 9.17) is 4.74 Å². The van der Waals surface area contributed by atoms with Crippen LogP contribution in [0.4, 0.5) is 0 Å². The van der Waals surface area contributed by atoms with Crippen molar-refractivity contribution in [2.45, 2.75) is 51.7 Å². The predicted molar refractivity (Wildman–Crippen MR) is 68.9 cm³/mol. The minimum Gasteiger partial charge on any atom is -0.367 e. The quantitative estimate of drug-likeness (QED) is 0.738. The van der Waals surface area contributed by atoms with Gasteiger partial charge in [0, 0.05) is 12.6 Å². The van der Waals surface area contributed by atoms with Crippen molar-refractivity contribution in [2.75, 3.05) is 20.2 Å². The van der Waals surface area contributed by atoms with Crippen molar-refractivity contribution in [3.8, 4) is 0 Å². The van der Waals surface area contributed by atoms with Crippen molar-refractivity contribution in [3.05, 3.63) is 0 Å². The molecule has 0 saturated heterocycles. The lowest BCUT2D eigenvalue weighted by atomic mass is 9.92. The van der Waals surface area contributed by atoms with Gasteiger partial charge in [0.15, 0.2) is 0 Å². The third kappa shape index (κ3) is 5.50. The van der Waals surface area contributed by atoms with Gasteiger partial charge in [-0.3, -0.25) is 4.79 Å². The number of rotatable bonds is 6. The molecule has 17 heavy (non-hydrogen) atoms. The first-order valence-corrected chi connectivity index (χ1v) is 6.69. The lowest BCUT2D eigenvalue weighted by Gasteiger charge is -2.31. The van der Waals surface area contributed by atoms with Gasteiger partial charge in [-0.15, -0.1) is 0 Å². The molecule has 0 bridgehead atoms. The molecular formula is C13H26N2O2. The van der Waals surface area contributed by atoms with E-state index in [2.05, 4.69) is 24.5 Å². The summed E-state index contributed by atoms with van der Waals surface area (Å²) in [4.78, 5) is 11.5. The average Bonchev–Trinajstić information content (AvgIpc) is 2.34. The van der Waals surface area contributed by atoms with Crippen molar-refractivity contribution in [2.24, 2.45) is 5.92 Å². The average molecular weight is 242 g/mol. The van der Waals surface area contributed by atoms with Gasteiger partial charge in [-0.25, -0.2) is 0 Å². The molecule has 0 aromatic heterocycles. The summed E-state index contributed by atoms with van der Waals surface area (Å²) in [5, 5.41) is 6.14. The Morgan fingerprint density at radius 2 is 2.06 bits per heavy atom. The zero-order valence-corrected chi connectivity index (χ0v) is 11.3. The third-order valence-corrected chi connectivity index (χ3v) is 3.21. The summed E-state index contributed by atoms with van der Waals surface area (Å²) in [6, 6.07) is 0.404. The Kier molecular flexibility index (Phi) is 6.52. The smallest absolute Gasteiger partial charge is 0.246 e. The molecule has 0 heterocycles. The second kappa shape index (κ2) is 7.67. The van der Waals surface area contributed by atoms with Crippen LogP contribution in [0.3, 0.4) is 0 Å². The largest absolute Gasteiger partial charge is 0.367 e. The lowest BCUT2D eigenvalue weighted by molar-refractivity contribution is -0.129. The van der Waals surface area contributed by atoms with E-state index in [0.717, 1.165) is 19.4 Å². The van der Waals surface area contributed by atoms with E-state index in [1.165, 1.54) is 12.8 Å². The number of carbonyl (C=O) groups is 1. The molecule has 1 aliphatic rings. The number of carbonyl (C=O) groups excluding carboxylic acids is 1. The molecule has 100 valence electrons. The fourth-order valence-corrected chi connectivity index (χ4v) is 2.18. The van der Waals surface area contributed by atoms with E-state index in [1.54, 1.807) is 0 Å². The van der Waals surface area contributed by atoms with Crippen LogP contribution < -0.4 is 10.6 Å². The molecule has 2 unspecified atom stereocenters. The highest BCUT2D eigenvalue weighted by molar-refractivity contribution is 5.77. The molecular weight excluding hydrogens is 216 g/mol. The Morgan fingerprint density at radius 1 is 1.35 bits per heavy atom. The zero-order valence-electron chi connectivity index (χ0n) is 11.3. The van der Waals surface area contributed by atoms with Crippen molar-refractivity contribution in [1.82, 2.24) is 10.6 Å². The first kappa shape index (κ1) is 14.5. The number of amides is 1. The van der Waals surface area contributed by atoms with E-state index >= 15 is 0 Å². The van der Waals surface area contributed by atoms with E-state index in [0.29, 0.717) is 12.0 Å². The minimum atomic E-state index is -0.000809. The SMILES string of the molecule is CNC1CCCCC1OCC(=O)NCC(C)C. The normalized spacial score (nSPS) is 24.9. The molecule has 1 fully saturated rings. The molecule has 2 N–H and O–H groups in total. The number of ether oxygens (including phenoxy) is 1. The zero-order chi connectivity index (χ0) is 12.7. The van der Waals surface area contributed by atoms with Gasteiger partial charge in [0.1, 0.15) is 6.61 Å². The Hall–Kier alpha value is -0.610. The van der Waals surface area contributed by atoms with Gasteiger partial charge in [0.25, 0.3) is 0 Å². The summed E-state index contributed by atoms with van der Waals surface area (Å²) in [5.74, 6) is 0.484. The monoisotopic (exact) mass is 242 g/mol. The van der Waals surface area contributed by atoms with Crippen LogP contribution in [-0.2, 0) is 9.53 Å². The molecule has 0 aliphatic heterocycles. The summed E-state index contributed by atoms with van der Waals surface area (Å²) >= 11 is 0. The molecule has 4 nitrogen and oxygen atoms in total. The van der Waals surface area contributed by atoms with Crippen LogP contribution in [0.2, 0.25) is 0 Å². The van der Waals surface area contributed by atoms with E-state index < -0.39 is 0 Å². The lowest BCUT2D eigenvalue weighted by Crippen LogP contribution is -2.43. The van der Waals surface area contributed by atoms with Crippen LogP contribution in [0.5, 0.6) is 0 Å². The highest BCUT2D eigenvalue weighted by atomic mass is 16.5. The molecule has 1 rings (SSSR count). The van der Waals surface area contributed by atoms with Crippen LogP contribution in [0.1, 0.15) is 39.5 Å². The summed E-state index contributed by atoms with van der Waals surface area (Å²) in [6.07, 6.45) is 4.86. The number of nitrogens with one attached hydrogen (secondary N) is 2. The van der Waals surface area contributed by atoms with Crippen molar-refractivity contribution in [1.29, 1.82) is 0 Å². The van der Waals surface area contributed by atoms with Gasteiger partial charge in [-0.2, -0.15) is 0 Å². The molecule has 0 aromatic carbocycles. The summed E-state index contributed by atoms with van der Waals surface area (Å²) in [7, 11) is 1.96. The van der Waals surface area contributed by atoms with E-state index in [-0.39, 0.29) is 18.6 Å². The minimum absolute atomic E-state index is 0.000809. The van der Waals surface area contributed by atoms with Crippen LogP contribution in [0.25, 0.3) is 0 Å². The highest BCUT2D eigenvalue weighted by Gasteiger charge is 2.24. The first-order chi connectivity index (χ1) is 8.13. The fraction of sp³-hybridized carbons (Fsp3) is 0.923. The Labute approximate surface area is 104 Å². The number of hydrogen-bond acceptors (Lipinski definition) is 3. The van der Waals surface area contributed by atoms with E-state index in [9.17, 15) is 4.79 Å². The maximum absolute atomic E-state index is 11.5. The highest BCUT2D eigenvalue weighted by Crippen LogP contribution is 2.20. The first-order valence-electron chi connectivity index (χ1n) is 6.69. The molecule has 2 atom stereocenters. The van der Waals surface area contributed by atoms with Gasteiger partial charge in [-0.1, -0.05) is 26.7 Å². The topological polar surface area (TPSA) is 50.4 Å². The van der Waals surface area contributed by atoms with Gasteiger partial charge >= 0.3 is 0 Å². The summed E-state index contributed by atoms with van der Waals surface area (Å²) in [5.41, 5.74) is 0.